The molecule has 4 aromatic carbocycles. The average molecular weight is 595 g/mol. The Balaban J connectivity index is 1.35. The normalized spacial score (nSPS) is 15.1. The van der Waals surface area contributed by atoms with Crippen LogP contribution in [-0.2, 0) is 17.8 Å². The van der Waals surface area contributed by atoms with E-state index in [-0.39, 0.29) is 12.5 Å². The van der Waals surface area contributed by atoms with Gasteiger partial charge in [-0.1, -0.05) is 72.8 Å². The minimum absolute atomic E-state index is 0.0600. The summed E-state index contributed by atoms with van der Waals surface area (Å²) in [5, 5.41) is 9.98. The minimum atomic E-state index is -0.0600. The average Bonchev–Trinajstić information content (AvgIpc) is 3.25. The van der Waals surface area contributed by atoms with E-state index in [1.807, 2.05) is 91.0 Å². The molecular formula is C32H24BrN3O2S. The van der Waals surface area contributed by atoms with E-state index in [1.54, 1.807) is 11.0 Å². The number of carbonyl (C=O) groups excluding carboxylic acids is 1. The van der Waals surface area contributed by atoms with Crippen LogP contribution in [0.2, 0.25) is 0 Å². The Hall–Kier alpha value is -4.12. The molecule has 4 aromatic rings. The fourth-order valence-electron chi connectivity index (χ4n) is 4.07. The van der Waals surface area contributed by atoms with Crippen molar-refractivity contribution in [2.24, 2.45) is 4.99 Å². The van der Waals surface area contributed by atoms with Crippen LogP contribution in [-0.4, -0.2) is 22.5 Å². The number of hydrogen-bond acceptors (Lipinski definition) is 5. The molecule has 1 amide bonds. The van der Waals surface area contributed by atoms with Gasteiger partial charge in [0.1, 0.15) is 12.4 Å². The second-order valence-electron chi connectivity index (χ2n) is 8.78. The quantitative estimate of drug-likeness (QED) is 0.196. The maximum Gasteiger partial charge on any atom is 0.266 e. The van der Waals surface area contributed by atoms with Crippen molar-refractivity contribution in [3.8, 4) is 11.8 Å². The van der Waals surface area contributed by atoms with Crippen molar-refractivity contribution in [3.63, 3.8) is 0 Å². The Labute approximate surface area is 240 Å². The molecule has 0 saturated carbocycles. The highest BCUT2D eigenvalue weighted by atomic mass is 79.9. The highest BCUT2D eigenvalue weighted by Gasteiger charge is 2.33. The predicted octanol–water partition coefficient (Wildman–Crippen LogP) is 7.75. The van der Waals surface area contributed by atoms with Gasteiger partial charge in [0.05, 0.1) is 26.7 Å². The summed E-state index contributed by atoms with van der Waals surface area (Å²) in [4.78, 5) is 20.7. The van der Waals surface area contributed by atoms with Gasteiger partial charge in [0.15, 0.2) is 5.17 Å². The summed E-state index contributed by atoms with van der Waals surface area (Å²) < 4.78 is 6.73. The number of nitrogens with zero attached hydrogens (tertiary/aromatic N) is 3. The lowest BCUT2D eigenvalue weighted by molar-refractivity contribution is -0.122. The summed E-state index contributed by atoms with van der Waals surface area (Å²) in [7, 11) is 0. The van der Waals surface area contributed by atoms with Crippen LogP contribution in [0.25, 0.3) is 6.08 Å². The third kappa shape index (κ3) is 6.66. The zero-order valence-electron chi connectivity index (χ0n) is 21.0. The van der Waals surface area contributed by atoms with Gasteiger partial charge in [-0.05, 0) is 81.6 Å². The van der Waals surface area contributed by atoms with E-state index in [1.165, 1.54) is 17.3 Å². The van der Waals surface area contributed by atoms with Crippen LogP contribution in [0, 0.1) is 11.3 Å². The third-order valence-electron chi connectivity index (χ3n) is 6.11. The number of aliphatic imine (C=N–C) groups is 1. The molecule has 0 unspecified atom stereocenters. The SMILES string of the molecule is N#Cc1ccccc1COc1ccc(/C=C2/SC(=Nc3ccccc3)N(CCc3ccccc3)C2=O)cc1Br. The number of hydrogen-bond donors (Lipinski definition) is 0. The first kappa shape index (κ1) is 26.5. The Morgan fingerprint density at radius 1 is 0.949 bits per heavy atom. The highest BCUT2D eigenvalue weighted by Crippen LogP contribution is 2.35. The molecule has 1 heterocycles. The number of nitriles is 1. The molecule has 7 heteroatoms. The van der Waals surface area contributed by atoms with Crippen molar-refractivity contribution >= 4 is 50.5 Å². The van der Waals surface area contributed by atoms with E-state index in [0.29, 0.717) is 27.9 Å². The number of para-hydroxylation sites is 1. The third-order valence-corrected chi connectivity index (χ3v) is 7.74. The zero-order valence-corrected chi connectivity index (χ0v) is 23.4. The van der Waals surface area contributed by atoms with Gasteiger partial charge in [-0.2, -0.15) is 5.26 Å². The molecule has 0 atom stereocenters. The number of carbonyl (C=O) groups is 1. The minimum Gasteiger partial charge on any atom is -0.488 e. The summed E-state index contributed by atoms with van der Waals surface area (Å²) in [5.74, 6) is 0.598. The van der Waals surface area contributed by atoms with Crippen molar-refractivity contribution in [2.45, 2.75) is 13.0 Å². The Bertz CT molecular complexity index is 1580. The van der Waals surface area contributed by atoms with Crippen LogP contribution in [0.5, 0.6) is 5.75 Å². The van der Waals surface area contributed by atoms with E-state index >= 15 is 0 Å². The molecule has 39 heavy (non-hydrogen) atoms. The van der Waals surface area contributed by atoms with Gasteiger partial charge >= 0.3 is 0 Å². The zero-order chi connectivity index (χ0) is 27.0. The van der Waals surface area contributed by atoms with Gasteiger partial charge in [0.25, 0.3) is 5.91 Å². The first-order valence-corrected chi connectivity index (χ1v) is 14.0. The summed E-state index contributed by atoms with van der Waals surface area (Å²) in [6, 6.07) is 35.1. The number of rotatable bonds is 8. The van der Waals surface area contributed by atoms with Crippen molar-refractivity contribution in [2.75, 3.05) is 6.54 Å². The number of halogens is 1. The van der Waals surface area contributed by atoms with E-state index in [2.05, 4.69) is 34.1 Å². The maximum atomic E-state index is 13.5. The Kier molecular flexibility index (Phi) is 8.57. The second kappa shape index (κ2) is 12.6. The molecule has 0 bridgehead atoms. The van der Waals surface area contributed by atoms with Crippen molar-refractivity contribution in [3.05, 3.63) is 135 Å². The maximum absolute atomic E-state index is 13.5. The van der Waals surface area contributed by atoms with Gasteiger partial charge in [0, 0.05) is 12.1 Å². The van der Waals surface area contributed by atoms with Crippen LogP contribution in [0.15, 0.2) is 117 Å². The summed E-state index contributed by atoms with van der Waals surface area (Å²) in [5.41, 5.74) is 4.26. The molecule has 0 N–H and O–H groups in total. The number of benzene rings is 4. The van der Waals surface area contributed by atoms with Crippen molar-refractivity contribution in [1.29, 1.82) is 5.26 Å². The molecule has 0 aromatic heterocycles. The molecule has 0 aliphatic carbocycles. The molecule has 0 radical (unpaired) electrons. The van der Waals surface area contributed by atoms with Crippen LogP contribution >= 0.6 is 27.7 Å². The molecular weight excluding hydrogens is 570 g/mol. The van der Waals surface area contributed by atoms with Crippen LogP contribution in [0.1, 0.15) is 22.3 Å². The first-order chi connectivity index (χ1) is 19.1. The summed E-state index contributed by atoms with van der Waals surface area (Å²) in [6.07, 6.45) is 2.62. The summed E-state index contributed by atoms with van der Waals surface area (Å²) >= 11 is 4.98. The molecule has 1 fully saturated rings. The molecule has 5 rings (SSSR count). The number of amidine groups is 1. The van der Waals surface area contributed by atoms with Crippen molar-refractivity contribution in [1.82, 2.24) is 4.90 Å². The number of ether oxygens (including phenoxy) is 1. The van der Waals surface area contributed by atoms with Gasteiger partial charge in [0.2, 0.25) is 0 Å². The largest absolute Gasteiger partial charge is 0.488 e. The van der Waals surface area contributed by atoms with Crippen LogP contribution in [0.3, 0.4) is 0 Å². The second-order valence-corrected chi connectivity index (χ2v) is 10.6. The first-order valence-electron chi connectivity index (χ1n) is 12.4. The molecule has 1 aliphatic rings. The molecule has 0 spiro atoms. The Morgan fingerprint density at radius 3 is 2.41 bits per heavy atom. The van der Waals surface area contributed by atoms with E-state index < -0.39 is 0 Å². The van der Waals surface area contributed by atoms with Gasteiger partial charge < -0.3 is 4.74 Å². The standard InChI is InChI=1S/C32H24BrN3O2S/c33-28-19-24(15-16-29(28)38-22-26-12-8-7-11-25(26)21-34)20-30-31(37)36(18-17-23-9-3-1-4-10-23)32(39-30)35-27-13-5-2-6-14-27/h1-16,19-20H,17-18,22H2/b30-20+,35-32?. The lowest BCUT2D eigenvalue weighted by Crippen LogP contribution is -2.31. The predicted molar refractivity (Wildman–Crippen MR) is 161 cm³/mol. The fraction of sp³-hybridized carbons (Fsp3) is 0.0938. The van der Waals surface area contributed by atoms with E-state index in [9.17, 15) is 10.1 Å². The molecule has 5 nitrogen and oxygen atoms in total. The lowest BCUT2D eigenvalue weighted by Gasteiger charge is -2.15. The Morgan fingerprint density at radius 2 is 1.67 bits per heavy atom. The topological polar surface area (TPSA) is 65.7 Å². The van der Waals surface area contributed by atoms with E-state index in [4.69, 9.17) is 9.73 Å². The van der Waals surface area contributed by atoms with Crippen molar-refractivity contribution < 1.29 is 9.53 Å². The number of amides is 1. The van der Waals surface area contributed by atoms with Gasteiger partial charge in [-0.3, -0.25) is 9.69 Å². The number of thioether (sulfide) groups is 1. The molecule has 1 saturated heterocycles. The monoisotopic (exact) mass is 593 g/mol. The van der Waals surface area contributed by atoms with Crippen LogP contribution in [0.4, 0.5) is 5.69 Å². The fourth-order valence-corrected chi connectivity index (χ4v) is 5.61. The summed E-state index contributed by atoms with van der Waals surface area (Å²) in [6.45, 7) is 0.826. The van der Waals surface area contributed by atoms with Gasteiger partial charge in [-0.15, -0.1) is 0 Å². The molecule has 1 aliphatic heterocycles. The molecule has 192 valence electrons. The smallest absolute Gasteiger partial charge is 0.266 e. The van der Waals surface area contributed by atoms with E-state index in [0.717, 1.165) is 27.7 Å². The van der Waals surface area contributed by atoms with Gasteiger partial charge in [-0.25, -0.2) is 4.99 Å². The van der Waals surface area contributed by atoms with Crippen LogP contribution < -0.4 is 4.74 Å². The highest BCUT2D eigenvalue weighted by molar-refractivity contribution is 9.10. The lowest BCUT2D eigenvalue weighted by atomic mass is 10.1.